The molecule has 0 bridgehead atoms. The summed E-state index contributed by atoms with van der Waals surface area (Å²) >= 11 is 6.04. The molecule has 1 aromatic heterocycles. The van der Waals surface area contributed by atoms with Crippen molar-refractivity contribution < 1.29 is 13.2 Å². The van der Waals surface area contributed by atoms with E-state index in [9.17, 15) is 18.0 Å². The van der Waals surface area contributed by atoms with Gasteiger partial charge in [-0.05, 0) is 31.2 Å². The molecule has 23 heavy (non-hydrogen) atoms. The quantitative estimate of drug-likeness (QED) is 0.659. The van der Waals surface area contributed by atoms with Crippen LogP contribution in [0.15, 0.2) is 41.2 Å². The molecule has 1 heterocycles. The fourth-order valence-corrected chi connectivity index (χ4v) is 2.51. The summed E-state index contributed by atoms with van der Waals surface area (Å²) in [6, 6.07) is 6.77. The van der Waals surface area contributed by atoms with Gasteiger partial charge in [-0.1, -0.05) is 6.07 Å². The molecule has 2 aromatic carbocycles. The predicted molar refractivity (Wildman–Crippen MR) is 81.5 cm³/mol. The van der Waals surface area contributed by atoms with Crippen LogP contribution in [0.25, 0.3) is 16.6 Å². The maximum atomic E-state index is 13.9. The number of aromatic nitrogens is 2. The van der Waals surface area contributed by atoms with Crippen LogP contribution in [0.4, 0.5) is 13.2 Å². The van der Waals surface area contributed by atoms with Gasteiger partial charge in [0, 0.05) is 6.07 Å². The Morgan fingerprint density at radius 3 is 2.52 bits per heavy atom. The molecule has 3 aromatic rings. The Morgan fingerprint density at radius 2 is 1.87 bits per heavy atom. The molecule has 3 rings (SSSR count). The van der Waals surface area contributed by atoms with Crippen LogP contribution in [0.3, 0.4) is 0 Å². The zero-order chi connectivity index (χ0) is 16.7. The van der Waals surface area contributed by atoms with Gasteiger partial charge in [0.1, 0.15) is 23.0 Å². The number of hydrogen-bond acceptors (Lipinski definition) is 2. The second-order valence-electron chi connectivity index (χ2n) is 4.99. The van der Waals surface area contributed by atoms with E-state index in [2.05, 4.69) is 4.98 Å². The summed E-state index contributed by atoms with van der Waals surface area (Å²) in [5.74, 6) is -2.37. The number of rotatable bonds is 2. The summed E-state index contributed by atoms with van der Waals surface area (Å²) in [5, 5.41) is -0.993. The summed E-state index contributed by atoms with van der Waals surface area (Å²) < 4.78 is 41.9. The SMILES string of the molecule is CC(Cl)c1nc2c(F)cc(F)cc2c(=O)n1-c1cccc(F)c1. The molecule has 0 radical (unpaired) electrons. The lowest BCUT2D eigenvalue weighted by molar-refractivity contribution is 0.588. The third-order valence-electron chi connectivity index (χ3n) is 3.34. The summed E-state index contributed by atoms with van der Waals surface area (Å²) in [5.41, 5.74) is -0.815. The first kappa shape index (κ1) is 15.6. The van der Waals surface area contributed by atoms with Crippen molar-refractivity contribution in [3.8, 4) is 5.69 Å². The van der Waals surface area contributed by atoms with Crippen molar-refractivity contribution in [2.75, 3.05) is 0 Å². The van der Waals surface area contributed by atoms with Crippen molar-refractivity contribution in [3.63, 3.8) is 0 Å². The number of halogens is 4. The Bertz CT molecular complexity index is 969. The van der Waals surface area contributed by atoms with Crippen molar-refractivity contribution in [1.29, 1.82) is 0 Å². The van der Waals surface area contributed by atoms with Gasteiger partial charge in [0.15, 0.2) is 5.82 Å². The Hall–Kier alpha value is -2.34. The molecule has 1 unspecified atom stereocenters. The van der Waals surface area contributed by atoms with Gasteiger partial charge in [-0.25, -0.2) is 18.2 Å². The number of benzene rings is 2. The smallest absolute Gasteiger partial charge is 0.266 e. The third-order valence-corrected chi connectivity index (χ3v) is 3.53. The fourth-order valence-electron chi connectivity index (χ4n) is 2.36. The predicted octanol–water partition coefficient (Wildman–Crippen LogP) is 4.10. The maximum absolute atomic E-state index is 13.9. The third kappa shape index (κ3) is 2.70. The van der Waals surface area contributed by atoms with E-state index in [0.29, 0.717) is 6.07 Å². The van der Waals surface area contributed by atoms with E-state index in [1.165, 1.54) is 18.2 Å². The van der Waals surface area contributed by atoms with E-state index in [0.717, 1.165) is 16.7 Å². The first-order valence-corrected chi connectivity index (χ1v) is 7.14. The lowest BCUT2D eigenvalue weighted by Crippen LogP contribution is -2.25. The highest BCUT2D eigenvalue weighted by atomic mass is 35.5. The molecule has 0 aliphatic rings. The molecule has 0 N–H and O–H groups in total. The van der Waals surface area contributed by atoms with Gasteiger partial charge in [0.05, 0.1) is 16.5 Å². The Labute approximate surface area is 134 Å². The van der Waals surface area contributed by atoms with Gasteiger partial charge in [0.2, 0.25) is 0 Å². The van der Waals surface area contributed by atoms with Gasteiger partial charge in [-0.2, -0.15) is 0 Å². The van der Waals surface area contributed by atoms with Gasteiger partial charge in [0.25, 0.3) is 5.56 Å². The minimum Gasteiger partial charge on any atom is -0.268 e. The zero-order valence-corrected chi connectivity index (χ0v) is 12.6. The molecule has 7 heteroatoms. The minimum absolute atomic E-state index is 0.0419. The van der Waals surface area contributed by atoms with Crippen LogP contribution >= 0.6 is 11.6 Å². The van der Waals surface area contributed by atoms with Gasteiger partial charge in [-0.3, -0.25) is 9.36 Å². The molecule has 0 aliphatic heterocycles. The molecule has 1 atom stereocenters. The summed E-state index contributed by atoms with van der Waals surface area (Å²) in [6.45, 7) is 1.55. The molecule has 0 fully saturated rings. The van der Waals surface area contributed by atoms with E-state index in [1.807, 2.05) is 0 Å². The van der Waals surface area contributed by atoms with Crippen molar-refractivity contribution in [2.24, 2.45) is 0 Å². The van der Waals surface area contributed by atoms with Gasteiger partial charge < -0.3 is 0 Å². The number of nitrogens with zero attached hydrogens (tertiary/aromatic N) is 2. The summed E-state index contributed by atoms with van der Waals surface area (Å²) in [4.78, 5) is 16.7. The molecular formula is C16H10ClF3N2O. The van der Waals surface area contributed by atoms with Gasteiger partial charge in [-0.15, -0.1) is 11.6 Å². The largest absolute Gasteiger partial charge is 0.268 e. The summed E-state index contributed by atoms with van der Waals surface area (Å²) in [7, 11) is 0. The lowest BCUT2D eigenvalue weighted by Gasteiger charge is -2.15. The Balaban J connectivity index is 2.47. The lowest BCUT2D eigenvalue weighted by atomic mass is 10.2. The number of fused-ring (bicyclic) bond motifs is 1. The van der Waals surface area contributed by atoms with Crippen molar-refractivity contribution in [1.82, 2.24) is 9.55 Å². The second-order valence-corrected chi connectivity index (χ2v) is 5.64. The first-order valence-electron chi connectivity index (χ1n) is 6.70. The average molecular weight is 339 g/mol. The highest BCUT2D eigenvalue weighted by Crippen LogP contribution is 2.24. The molecule has 0 saturated heterocycles. The van der Waals surface area contributed by atoms with Crippen LogP contribution in [-0.4, -0.2) is 9.55 Å². The van der Waals surface area contributed by atoms with Crippen molar-refractivity contribution in [3.05, 3.63) is 70.0 Å². The van der Waals surface area contributed by atoms with Crippen LogP contribution in [0, 0.1) is 17.5 Å². The second kappa shape index (κ2) is 5.70. The molecule has 3 nitrogen and oxygen atoms in total. The minimum atomic E-state index is -0.956. The van der Waals surface area contributed by atoms with Crippen molar-refractivity contribution >= 4 is 22.5 Å². The van der Waals surface area contributed by atoms with E-state index in [-0.39, 0.29) is 22.4 Å². The van der Waals surface area contributed by atoms with E-state index in [4.69, 9.17) is 11.6 Å². The number of alkyl halides is 1. The van der Waals surface area contributed by atoms with E-state index >= 15 is 0 Å². The van der Waals surface area contributed by atoms with Crippen LogP contribution in [0.1, 0.15) is 18.1 Å². The topological polar surface area (TPSA) is 34.9 Å². The first-order chi connectivity index (χ1) is 10.9. The summed E-state index contributed by atoms with van der Waals surface area (Å²) in [6.07, 6.45) is 0. The highest BCUT2D eigenvalue weighted by molar-refractivity contribution is 6.20. The zero-order valence-electron chi connectivity index (χ0n) is 11.9. The number of hydrogen-bond donors (Lipinski definition) is 0. The monoisotopic (exact) mass is 338 g/mol. The van der Waals surface area contributed by atoms with Crippen LogP contribution < -0.4 is 5.56 Å². The molecule has 0 saturated carbocycles. The molecule has 0 amide bonds. The average Bonchev–Trinajstić information content (AvgIpc) is 2.47. The molecule has 0 spiro atoms. The molecule has 118 valence electrons. The van der Waals surface area contributed by atoms with E-state index in [1.54, 1.807) is 6.92 Å². The maximum Gasteiger partial charge on any atom is 0.266 e. The van der Waals surface area contributed by atoms with Crippen molar-refractivity contribution in [2.45, 2.75) is 12.3 Å². The molecule has 0 aliphatic carbocycles. The van der Waals surface area contributed by atoms with Gasteiger partial charge >= 0.3 is 0 Å². The highest BCUT2D eigenvalue weighted by Gasteiger charge is 2.19. The Kier molecular flexibility index (Phi) is 3.85. The standard InChI is InChI=1S/C16H10ClF3N2O/c1-8(17)15-21-14-12(6-10(19)7-13(14)20)16(23)22(15)11-4-2-3-9(18)5-11/h2-8H,1H3. The van der Waals surface area contributed by atoms with E-state index < -0.39 is 28.4 Å². The Morgan fingerprint density at radius 1 is 1.13 bits per heavy atom. The normalized spacial score (nSPS) is 12.6. The molecular weight excluding hydrogens is 329 g/mol. The van der Waals surface area contributed by atoms with Crippen LogP contribution in [-0.2, 0) is 0 Å². The van der Waals surface area contributed by atoms with Crippen LogP contribution in [0.2, 0.25) is 0 Å². The van der Waals surface area contributed by atoms with Crippen LogP contribution in [0.5, 0.6) is 0 Å². The fraction of sp³-hybridized carbons (Fsp3) is 0.125.